The van der Waals surface area contributed by atoms with Crippen LogP contribution in [-0.2, 0) is 11.2 Å². The van der Waals surface area contributed by atoms with E-state index in [0.717, 1.165) is 40.9 Å². The predicted octanol–water partition coefficient (Wildman–Crippen LogP) is 1.71. The Labute approximate surface area is 97.5 Å². The quantitative estimate of drug-likeness (QED) is 0.637. The van der Waals surface area contributed by atoms with E-state index in [4.69, 9.17) is 10.4 Å². The van der Waals surface area contributed by atoms with E-state index in [1.807, 2.05) is 28.5 Å². The molecule has 4 nitrogen and oxygen atoms in total. The van der Waals surface area contributed by atoms with Crippen molar-refractivity contribution in [1.82, 2.24) is 0 Å². The molecule has 16 heavy (non-hydrogen) atoms. The van der Waals surface area contributed by atoms with Crippen LogP contribution < -0.4 is 4.90 Å². The summed E-state index contributed by atoms with van der Waals surface area (Å²) in [6, 6.07) is 5.71. The number of fused-ring (bicyclic) bond motifs is 1. The van der Waals surface area contributed by atoms with E-state index in [-0.39, 0.29) is 6.54 Å². The monoisotopic (exact) mass is 234 g/mol. The largest absolute Gasteiger partial charge is 0.480 e. The van der Waals surface area contributed by atoms with E-state index in [2.05, 4.69) is 0 Å². The number of benzene rings is 1. The molecule has 1 aliphatic rings. The number of anilines is 1. The van der Waals surface area contributed by atoms with Gasteiger partial charge in [0.15, 0.2) is 0 Å². The molecule has 0 aromatic heterocycles. The van der Waals surface area contributed by atoms with Crippen LogP contribution in [0.25, 0.3) is 0 Å². The zero-order valence-electron chi connectivity index (χ0n) is 8.51. The zero-order valence-corrected chi connectivity index (χ0v) is 9.33. The number of aliphatic carboxylic acids is 1. The molecule has 0 aliphatic carbocycles. The summed E-state index contributed by atoms with van der Waals surface area (Å²) in [5.41, 5.74) is 2.10. The Bertz CT molecular complexity index is 468. The Morgan fingerprint density at radius 3 is 3.12 bits per heavy atom. The van der Waals surface area contributed by atoms with Gasteiger partial charge in [-0.25, -0.2) is 0 Å². The van der Waals surface area contributed by atoms with Gasteiger partial charge in [0.1, 0.15) is 11.9 Å². The number of thiocyanates is 1. The van der Waals surface area contributed by atoms with Crippen molar-refractivity contribution in [3.8, 4) is 5.40 Å². The third-order valence-electron chi connectivity index (χ3n) is 2.53. The number of hydrogen-bond acceptors (Lipinski definition) is 4. The summed E-state index contributed by atoms with van der Waals surface area (Å²) in [5.74, 6) is -0.816. The van der Waals surface area contributed by atoms with Gasteiger partial charge in [-0.2, -0.15) is 5.26 Å². The second kappa shape index (κ2) is 4.45. The van der Waals surface area contributed by atoms with E-state index < -0.39 is 5.97 Å². The fraction of sp³-hybridized carbons (Fsp3) is 0.273. The Kier molecular flexibility index (Phi) is 3.02. The van der Waals surface area contributed by atoms with Crippen LogP contribution >= 0.6 is 11.8 Å². The number of carboxylic acids is 1. The molecule has 0 saturated heterocycles. The van der Waals surface area contributed by atoms with Gasteiger partial charge in [0.05, 0.1) is 0 Å². The Morgan fingerprint density at radius 1 is 1.62 bits per heavy atom. The van der Waals surface area contributed by atoms with E-state index in [9.17, 15) is 4.79 Å². The van der Waals surface area contributed by atoms with Gasteiger partial charge in [0.25, 0.3) is 0 Å². The van der Waals surface area contributed by atoms with Crippen molar-refractivity contribution >= 4 is 23.4 Å². The van der Waals surface area contributed by atoms with Crippen LogP contribution in [-0.4, -0.2) is 24.2 Å². The third-order valence-corrected chi connectivity index (χ3v) is 3.11. The number of carbonyl (C=O) groups is 1. The predicted molar refractivity (Wildman–Crippen MR) is 61.5 cm³/mol. The molecule has 0 bridgehead atoms. The minimum atomic E-state index is -0.816. The average Bonchev–Trinajstić information content (AvgIpc) is 2.61. The maximum absolute atomic E-state index is 10.6. The molecule has 82 valence electrons. The van der Waals surface area contributed by atoms with Crippen LogP contribution in [0.5, 0.6) is 0 Å². The van der Waals surface area contributed by atoms with Crippen molar-refractivity contribution in [1.29, 1.82) is 5.26 Å². The number of rotatable bonds is 3. The SMILES string of the molecule is N#CSc1ccc2c(c1)CCN2CC(=O)O. The first-order valence-corrected chi connectivity index (χ1v) is 5.68. The van der Waals surface area contributed by atoms with Crippen molar-refractivity contribution in [2.45, 2.75) is 11.3 Å². The molecule has 0 saturated carbocycles. The molecule has 0 fully saturated rings. The lowest BCUT2D eigenvalue weighted by Crippen LogP contribution is -2.27. The number of hydrogen-bond donors (Lipinski definition) is 1. The summed E-state index contributed by atoms with van der Waals surface area (Å²) in [6.45, 7) is 0.778. The van der Waals surface area contributed by atoms with Crippen molar-refractivity contribution < 1.29 is 9.90 Å². The Morgan fingerprint density at radius 2 is 2.44 bits per heavy atom. The van der Waals surface area contributed by atoms with Gasteiger partial charge in [-0.15, -0.1) is 0 Å². The highest BCUT2D eigenvalue weighted by atomic mass is 32.2. The normalized spacial score (nSPS) is 13.3. The number of carboxylic acid groups (broad SMARTS) is 1. The highest BCUT2D eigenvalue weighted by Gasteiger charge is 2.20. The Balaban J connectivity index is 2.22. The van der Waals surface area contributed by atoms with E-state index in [1.165, 1.54) is 0 Å². The maximum atomic E-state index is 10.6. The first-order chi connectivity index (χ1) is 7.70. The van der Waals surface area contributed by atoms with Gasteiger partial charge in [0.2, 0.25) is 0 Å². The van der Waals surface area contributed by atoms with Gasteiger partial charge in [0, 0.05) is 17.1 Å². The first-order valence-electron chi connectivity index (χ1n) is 4.86. The molecule has 1 heterocycles. The summed E-state index contributed by atoms with van der Waals surface area (Å²) in [4.78, 5) is 13.4. The molecule has 0 amide bonds. The van der Waals surface area contributed by atoms with E-state index in [1.54, 1.807) is 0 Å². The molecular weight excluding hydrogens is 224 g/mol. The molecule has 0 radical (unpaired) electrons. The highest BCUT2D eigenvalue weighted by Crippen LogP contribution is 2.31. The number of thioether (sulfide) groups is 1. The molecule has 0 spiro atoms. The van der Waals surface area contributed by atoms with Crippen LogP contribution in [0.3, 0.4) is 0 Å². The summed E-state index contributed by atoms with van der Waals surface area (Å²) < 4.78 is 0. The molecule has 5 heteroatoms. The topological polar surface area (TPSA) is 64.3 Å². The molecular formula is C11H10N2O2S. The van der Waals surface area contributed by atoms with Gasteiger partial charge in [-0.05, 0) is 41.9 Å². The fourth-order valence-corrected chi connectivity index (χ4v) is 2.33. The lowest BCUT2D eigenvalue weighted by Gasteiger charge is -2.16. The van der Waals surface area contributed by atoms with E-state index >= 15 is 0 Å². The molecule has 1 aromatic rings. The summed E-state index contributed by atoms with van der Waals surface area (Å²) in [7, 11) is 0. The molecule has 0 atom stereocenters. The van der Waals surface area contributed by atoms with Crippen molar-refractivity contribution in [2.75, 3.05) is 18.0 Å². The number of nitriles is 1. The maximum Gasteiger partial charge on any atom is 0.323 e. The van der Waals surface area contributed by atoms with Crippen molar-refractivity contribution in [3.05, 3.63) is 23.8 Å². The average molecular weight is 234 g/mol. The van der Waals surface area contributed by atoms with Gasteiger partial charge >= 0.3 is 5.97 Å². The highest BCUT2D eigenvalue weighted by molar-refractivity contribution is 8.03. The molecule has 1 aromatic carbocycles. The van der Waals surface area contributed by atoms with Crippen LogP contribution in [0.15, 0.2) is 23.1 Å². The van der Waals surface area contributed by atoms with E-state index in [0.29, 0.717) is 0 Å². The standard InChI is InChI=1S/C11H10N2O2S/c12-7-16-9-1-2-10-8(5-9)3-4-13(10)6-11(14)15/h1-2,5H,3-4,6H2,(H,14,15). The first kappa shape index (κ1) is 10.8. The molecule has 1 aliphatic heterocycles. The fourth-order valence-electron chi connectivity index (χ4n) is 1.89. The Hall–Kier alpha value is -1.67. The smallest absolute Gasteiger partial charge is 0.323 e. The van der Waals surface area contributed by atoms with Gasteiger partial charge in [-0.1, -0.05) is 0 Å². The van der Waals surface area contributed by atoms with Crippen molar-refractivity contribution in [2.24, 2.45) is 0 Å². The van der Waals surface area contributed by atoms with Crippen LogP contribution in [0.4, 0.5) is 5.69 Å². The van der Waals surface area contributed by atoms with Crippen LogP contribution in [0, 0.1) is 10.7 Å². The summed E-state index contributed by atoms with van der Waals surface area (Å²) in [5, 5.41) is 19.3. The summed E-state index contributed by atoms with van der Waals surface area (Å²) in [6.07, 6.45) is 0.850. The van der Waals surface area contributed by atoms with Crippen molar-refractivity contribution in [3.63, 3.8) is 0 Å². The lowest BCUT2D eigenvalue weighted by molar-refractivity contribution is -0.135. The number of nitrogens with zero attached hydrogens (tertiary/aromatic N) is 2. The second-order valence-corrected chi connectivity index (χ2v) is 4.41. The molecule has 2 rings (SSSR count). The molecule has 1 N–H and O–H groups in total. The third kappa shape index (κ3) is 2.12. The minimum Gasteiger partial charge on any atom is -0.480 e. The lowest BCUT2D eigenvalue weighted by atomic mass is 10.2. The summed E-state index contributed by atoms with van der Waals surface area (Å²) >= 11 is 1.13. The van der Waals surface area contributed by atoms with Crippen LogP contribution in [0.2, 0.25) is 0 Å². The molecule has 0 unspecified atom stereocenters. The minimum absolute atomic E-state index is 0.0394. The van der Waals surface area contributed by atoms with Gasteiger partial charge < -0.3 is 10.0 Å². The van der Waals surface area contributed by atoms with Crippen LogP contribution in [0.1, 0.15) is 5.56 Å². The van der Waals surface area contributed by atoms with Gasteiger partial charge in [-0.3, -0.25) is 4.79 Å². The second-order valence-electron chi connectivity index (χ2n) is 3.55. The zero-order chi connectivity index (χ0) is 11.5.